The fourth-order valence-electron chi connectivity index (χ4n) is 3.50. The average molecular weight is 428 g/mol. The number of benzene rings is 3. The van der Waals surface area contributed by atoms with Crippen molar-refractivity contribution >= 4 is 17.7 Å². The van der Waals surface area contributed by atoms with Crippen LogP contribution >= 0.6 is 0 Å². The maximum absolute atomic E-state index is 13.1. The first-order valence-corrected chi connectivity index (χ1v) is 10.4. The van der Waals surface area contributed by atoms with E-state index in [1.807, 2.05) is 84.9 Å². The topological polar surface area (TPSA) is 76.7 Å². The molecule has 162 valence electrons. The highest BCUT2D eigenvalue weighted by molar-refractivity contribution is 6.04. The van der Waals surface area contributed by atoms with Crippen molar-refractivity contribution in [1.29, 1.82) is 0 Å². The minimum Gasteiger partial charge on any atom is -0.459 e. The number of carbonyl (C=O) groups is 2. The molecule has 0 saturated heterocycles. The Morgan fingerprint density at radius 1 is 0.844 bits per heavy atom. The van der Waals surface area contributed by atoms with E-state index in [2.05, 4.69) is 10.6 Å². The molecule has 0 fully saturated rings. The van der Waals surface area contributed by atoms with Gasteiger partial charge in [-0.05, 0) is 49.2 Å². The third-order valence-corrected chi connectivity index (χ3v) is 4.89. The number of nitrogens with one attached hydrogen (secondary N) is 2. The summed E-state index contributed by atoms with van der Waals surface area (Å²) >= 11 is 0. The molecular formula is C26H24N2O4. The van der Waals surface area contributed by atoms with Crippen molar-refractivity contribution < 1.29 is 19.1 Å². The number of esters is 1. The highest BCUT2D eigenvalue weighted by atomic mass is 16.5. The van der Waals surface area contributed by atoms with E-state index in [1.165, 1.54) is 0 Å². The first-order chi connectivity index (χ1) is 15.5. The van der Waals surface area contributed by atoms with Crippen LogP contribution in [0.15, 0.2) is 90.5 Å². The maximum Gasteiger partial charge on any atom is 0.338 e. The summed E-state index contributed by atoms with van der Waals surface area (Å²) < 4.78 is 11.4. The Bertz CT molecular complexity index is 1120. The lowest BCUT2D eigenvalue weighted by Crippen LogP contribution is -2.45. The molecule has 6 nitrogen and oxygen atoms in total. The second-order valence-corrected chi connectivity index (χ2v) is 7.62. The summed E-state index contributed by atoms with van der Waals surface area (Å²) in [5.74, 6) is 0.891. The zero-order valence-electron chi connectivity index (χ0n) is 17.9. The lowest BCUT2D eigenvalue weighted by atomic mass is 9.92. The third-order valence-electron chi connectivity index (χ3n) is 4.89. The molecule has 3 aromatic carbocycles. The zero-order valence-corrected chi connectivity index (χ0v) is 17.9. The minimum absolute atomic E-state index is 0.299. The largest absolute Gasteiger partial charge is 0.459 e. The van der Waals surface area contributed by atoms with Gasteiger partial charge in [0.15, 0.2) is 0 Å². The molecule has 0 bridgehead atoms. The molecule has 6 heteroatoms. The summed E-state index contributed by atoms with van der Waals surface area (Å²) in [6.07, 6.45) is -0.299. The summed E-state index contributed by atoms with van der Waals surface area (Å²) in [6.45, 7) is 3.58. The average Bonchev–Trinajstić information content (AvgIpc) is 2.80. The molecule has 1 heterocycles. The Morgan fingerprint density at radius 3 is 2.06 bits per heavy atom. The molecule has 2 amide bonds. The van der Waals surface area contributed by atoms with Crippen molar-refractivity contribution in [3.05, 3.63) is 102 Å². The van der Waals surface area contributed by atoms with E-state index in [-0.39, 0.29) is 12.1 Å². The summed E-state index contributed by atoms with van der Waals surface area (Å²) in [5.41, 5.74) is 2.26. The predicted molar refractivity (Wildman–Crippen MR) is 122 cm³/mol. The predicted octanol–water partition coefficient (Wildman–Crippen LogP) is 5.20. The zero-order chi connectivity index (χ0) is 22.5. The Balaban J connectivity index is 1.71. The Hall–Kier alpha value is -4.06. The molecule has 2 N–H and O–H groups in total. The van der Waals surface area contributed by atoms with Gasteiger partial charge in [-0.25, -0.2) is 9.59 Å². The number of rotatable bonds is 6. The maximum atomic E-state index is 13.1. The number of amides is 2. The molecule has 32 heavy (non-hydrogen) atoms. The van der Waals surface area contributed by atoms with Crippen molar-refractivity contribution in [2.24, 2.45) is 0 Å². The molecule has 0 spiro atoms. The number of hydrogen-bond donors (Lipinski definition) is 2. The Labute approximate surface area is 186 Å². The van der Waals surface area contributed by atoms with Gasteiger partial charge in [-0.3, -0.25) is 0 Å². The highest BCUT2D eigenvalue weighted by Gasteiger charge is 2.34. The van der Waals surface area contributed by atoms with Gasteiger partial charge < -0.3 is 20.1 Å². The normalized spacial score (nSPS) is 15.7. The minimum atomic E-state index is -0.670. The molecule has 0 aromatic heterocycles. The van der Waals surface area contributed by atoms with Crippen LogP contribution < -0.4 is 15.4 Å². The van der Waals surface area contributed by atoms with E-state index in [0.717, 1.165) is 16.9 Å². The van der Waals surface area contributed by atoms with Crippen LogP contribution in [0.4, 0.5) is 4.79 Å². The third kappa shape index (κ3) is 4.81. The number of hydrogen-bond acceptors (Lipinski definition) is 4. The molecule has 1 aliphatic rings. The second kappa shape index (κ2) is 9.39. The molecule has 0 aliphatic carbocycles. The second-order valence-electron chi connectivity index (χ2n) is 7.62. The summed E-state index contributed by atoms with van der Waals surface area (Å²) in [5, 5.41) is 5.64. The molecule has 1 unspecified atom stereocenters. The SMILES string of the molecule is CC(C)OC(=O)C1=C(c2ccccc2)NC(=O)NC1c1ccc(Oc2ccccc2)cc1. The van der Waals surface area contributed by atoms with Gasteiger partial charge in [0.1, 0.15) is 11.5 Å². The van der Waals surface area contributed by atoms with Crippen LogP contribution in [-0.2, 0) is 9.53 Å². The number of carbonyl (C=O) groups excluding carboxylic acids is 2. The van der Waals surface area contributed by atoms with Crippen LogP contribution in [0.1, 0.15) is 31.0 Å². The molecule has 3 aromatic rings. The number of urea groups is 1. The monoisotopic (exact) mass is 428 g/mol. The van der Waals surface area contributed by atoms with Gasteiger partial charge in [0.25, 0.3) is 0 Å². The molecule has 4 rings (SSSR count). The summed E-state index contributed by atoms with van der Waals surface area (Å²) in [7, 11) is 0. The number of ether oxygens (including phenoxy) is 2. The van der Waals surface area contributed by atoms with Gasteiger partial charge in [-0.2, -0.15) is 0 Å². The van der Waals surface area contributed by atoms with Crippen LogP contribution in [0, 0.1) is 0 Å². The van der Waals surface area contributed by atoms with Crippen molar-refractivity contribution in [2.75, 3.05) is 0 Å². The summed E-state index contributed by atoms with van der Waals surface area (Å²) in [6, 6.07) is 25.0. The van der Waals surface area contributed by atoms with Crippen molar-refractivity contribution in [3.8, 4) is 11.5 Å². The lowest BCUT2D eigenvalue weighted by molar-refractivity contribution is -0.143. The van der Waals surface area contributed by atoms with E-state index in [9.17, 15) is 9.59 Å². The first kappa shape index (κ1) is 21.2. The van der Waals surface area contributed by atoms with E-state index in [1.54, 1.807) is 13.8 Å². The van der Waals surface area contributed by atoms with Crippen LogP contribution in [0.5, 0.6) is 11.5 Å². The van der Waals surface area contributed by atoms with Gasteiger partial charge in [0.2, 0.25) is 0 Å². The molecule has 0 radical (unpaired) electrons. The van der Waals surface area contributed by atoms with Crippen molar-refractivity contribution in [2.45, 2.75) is 26.0 Å². The van der Waals surface area contributed by atoms with E-state index < -0.39 is 12.0 Å². The van der Waals surface area contributed by atoms with Gasteiger partial charge in [0, 0.05) is 0 Å². The Kier molecular flexibility index (Phi) is 6.22. The fourth-order valence-corrected chi connectivity index (χ4v) is 3.50. The van der Waals surface area contributed by atoms with Gasteiger partial charge in [-0.1, -0.05) is 60.7 Å². The molecular weight excluding hydrogens is 404 g/mol. The summed E-state index contributed by atoms with van der Waals surface area (Å²) in [4.78, 5) is 25.6. The molecule has 1 aliphatic heterocycles. The molecule has 0 saturated carbocycles. The highest BCUT2D eigenvalue weighted by Crippen LogP contribution is 2.33. The van der Waals surface area contributed by atoms with Gasteiger partial charge in [0.05, 0.1) is 23.4 Å². The van der Waals surface area contributed by atoms with Crippen molar-refractivity contribution in [3.63, 3.8) is 0 Å². The fraction of sp³-hybridized carbons (Fsp3) is 0.154. The quantitative estimate of drug-likeness (QED) is 0.530. The van der Waals surface area contributed by atoms with Crippen LogP contribution in [0.25, 0.3) is 5.70 Å². The first-order valence-electron chi connectivity index (χ1n) is 10.4. The van der Waals surface area contributed by atoms with E-state index in [0.29, 0.717) is 17.0 Å². The Morgan fingerprint density at radius 2 is 1.44 bits per heavy atom. The lowest BCUT2D eigenvalue weighted by Gasteiger charge is -2.30. The van der Waals surface area contributed by atoms with Crippen LogP contribution in [0.3, 0.4) is 0 Å². The van der Waals surface area contributed by atoms with Gasteiger partial charge in [-0.15, -0.1) is 0 Å². The van der Waals surface area contributed by atoms with Crippen LogP contribution in [-0.4, -0.2) is 18.1 Å². The van der Waals surface area contributed by atoms with Crippen molar-refractivity contribution in [1.82, 2.24) is 10.6 Å². The smallest absolute Gasteiger partial charge is 0.338 e. The van der Waals surface area contributed by atoms with E-state index >= 15 is 0 Å². The van der Waals surface area contributed by atoms with E-state index in [4.69, 9.17) is 9.47 Å². The number of para-hydroxylation sites is 1. The molecule has 1 atom stereocenters. The van der Waals surface area contributed by atoms with Crippen LogP contribution in [0.2, 0.25) is 0 Å². The standard InChI is InChI=1S/C26H24N2O4/c1-17(2)31-25(29)22-23(18-9-5-3-6-10-18)27-26(30)28-24(22)19-13-15-21(16-14-19)32-20-11-7-4-8-12-20/h3-17,24H,1-2H3,(H2,27,28,30). The van der Waals surface area contributed by atoms with Gasteiger partial charge >= 0.3 is 12.0 Å².